The third-order valence-electron chi connectivity index (χ3n) is 9.98. The van der Waals surface area contributed by atoms with Crippen molar-refractivity contribution in [3.8, 4) is 17.0 Å². The Kier molecular flexibility index (Phi) is 10.2. The molecule has 0 bridgehead atoms. The molecule has 46 heavy (non-hydrogen) atoms. The maximum Gasteiger partial charge on any atom is 0.407 e. The fourth-order valence-corrected chi connectivity index (χ4v) is 7.05. The zero-order valence-corrected chi connectivity index (χ0v) is 27.4. The summed E-state index contributed by atoms with van der Waals surface area (Å²) in [6.45, 7) is 5.45. The van der Waals surface area contributed by atoms with Gasteiger partial charge in [-0.15, -0.1) is 0 Å². The Labute approximate surface area is 271 Å². The summed E-state index contributed by atoms with van der Waals surface area (Å²) in [5.41, 5.74) is 3.75. The topological polar surface area (TPSA) is 120 Å². The number of alkyl carbamates (subject to hydrolysis) is 1. The summed E-state index contributed by atoms with van der Waals surface area (Å²) >= 11 is 0. The molecule has 0 spiro atoms. The standard InChI is InChI=1S/C36H47N5O5/c1-4-37-36(43)46-21-25-7-11-28(12-8-25)35(42)41(33-19-29(17-18-38-33)31-22-45-34(40-31)27-13-14-27)20-24-5-9-26(10-6-24)30-15-16-32(44-3)23(2)39-30/h15-19,22,24-28H,4-14,20-21H2,1-3H3,(H,37,43). The first kappa shape index (κ1) is 32.0. The Balaban J connectivity index is 1.15. The van der Waals surface area contributed by atoms with E-state index in [1.165, 1.54) is 0 Å². The van der Waals surface area contributed by atoms with E-state index in [1.807, 2.05) is 36.9 Å². The third kappa shape index (κ3) is 7.70. The van der Waals surface area contributed by atoms with Gasteiger partial charge in [-0.3, -0.25) is 14.7 Å². The van der Waals surface area contributed by atoms with Crippen molar-refractivity contribution in [3.63, 3.8) is 0 Å². The van der Waals surface area contributed by atoms with Crippen LogP contribution < -0.4 is 15.0 Å². The van der Waals surface area contributed by atoms with E-state index in [0.717, 1.165) is 98.5 Å². The number of anilines is 1. The smallest absolute Gasteiger partial charge is 0.407 e. The molecule has 3 aromatic heterocycles. The normalized spacial score (nSPS) is 23.0. The Morgan fingerprint density at radius 1 is 0.957 bits per heavy atom. The summed E-state index contributed by atoms with van der Waals surface area (Å²) in [5.74, 6) is 3.85. The lowest BCUT2D eigenvalue weighted by molar-refractivity contribution is -0.124. The highest BCUT2D eigenvalue weighted by atomic mass is 16.5. The first-order valence-electron chi connectivity index (χ1n) is 17.1. The van der Waals surface area contributed by atoms with E-state index < -0.39 is 0 Å². The number of methoxy groups -OCH3 is 1. The number of amides is 2. The van der Waals surface area contributed by atoms with Crippen LogP contribution in [0.2, 0.25) is 0 Å². The molecule has 3 aliphatic rings. The van der Waals surface area contributed by atoms with Gasteiger partial charge in [0.05, 0.1) is 19.4 Å². The van der Waals surface area contributed by atoms with Crippen LogP contribution in [0.25, 0.3) is 11.3 Å². The monoisotopic (exact) mass is 629 g/mol. The largest absolute Gasteiger partial charge is 0.495 e. The summed E-state index contributed by atoms with van der Waals surface area (Å²) in [5, 5.41) is 2.68. The molecule has 0 atom stereocenters. The van der Waals surface area contributed by atoms with Gasteiger partial charge in [0.15, 0.2) is 5.89 Å². The van der Waals surface area contributed by atoms with Crippen molar-refractivity contribution in [1.29, 1.82) is 0 Å². The van der Waals surface area contributed by atoms with Crippen LogP contribution in [-0.2, 0) is 9.53 Å². The number of nitrogens with zero attached hydrogens (tertiary/aromatic N) is 4. The van der Waals surface area contributed by atoms with Crippen LogP contribution in [-0.4, -0.2) is 53.8 Å². The number of rotatable bonds is 11. The van der Waals surface area contributed by atoms with Gasteiger partial charge in [0.1, 0.15) is 23.5 Å². The minimum absolute atomic E-state index is 0.0810. The van der Waals surface area contributed by atoms with Crippen LogP contribution in [0, 0.1) is 24.7 Å². The van der Waals surface area contributed by atoms with Crippen molar-refractivity contribution < 1.29 is 23.5 Å². The lowest BCUT2D eigenvalue weighted by atomic mass is 9.79. The van der Waals surface area contributed by atoms with E-state index in [9.17, 15) is 9.59 Å². The van der Waals surface area contributed by atoms with Crippen LogP contribution >= 0.6 is 0 Å². The quantitative estimate of drug-likeness (QED) is 0.237. The van der Waals surface area contributed by atoms with Gasteiger partial charge in [-0.25, -0.2) is 14.8 Å². The lowest BCUT2D eigenvalue weighted by Gasteiger charge is -2.35. The maximum absolute atomic E-state index is 14.3. The van der Waals surface area contributed by atoms with Crippen molar-refractivity contribution in [3.05, 3.63) is 54.0 Å². The molecular weight excluding hydrogens is 582 g/mol. The zero-order valence-electron chi connectivity index (χ0n) is 27.4. The molecule has 3 aliphatic carbocycles. The third-order valence-corrected chi connectivity index (χ3v) is 9.98. The Hall–Kier alpha value is -3.95. The molecule has 3 fully saturated rings. The SMILES string of the molecule is CCNC(=O)OCC1CCC(C(=O)N(CC2CCC(c3ccc(OC)c(C)n3)CC2)c2cc(-c3coc(C4CC4)n3)ccn2)CC1. The van der Waals surface area contributed by atoms with Crippen LogP contribution in [0.3, 0.4) is 0 Å². The van der Waals surface area contributed by atoms with E-state index in [-0.39, 0.29) is 23.8 Å². The number of hydrogen-bond donors (Lipinski definition) is 1. The fraction of sp³-hybridized carbons (Fsp3) is 0.583. The number of pyridine rings is 2. The second-order valence-electron chi connectivity index (χ2n) is 13.3. The summed E-state index contributed by atoms with van der Waals surface area (Å²) in [6, 6.07) is 8.05. The van der Waals surface area contributed by atoms with Crippen LogP contribution in [0.4, 0.5) is 10.6 Å². The van der Waals surface area contributed by atoms with Gasteiger partial charge >= 0.3 is 6.09 Å². The van der Waals surface area contributed by atoms with Crippen molar-refractivity contribution in [2.75, 3.05) is 31.7 Å². The Morgan fingerprint density at radius 2 is 1.70 bits per heavy atom. The van der Waals surface area contributed by atoms with Gasteiger partial charge in [-0.1, -0.05) is 0 Å². The molecule has 3 heterocycles. The van der Waals surface area contributed by atoms with Crippen molar-refractivity contribution in [1.82, 2.24) is 20.3 Å². The molecule has 0 unspecified atom stereocenters. The number of hydrogen-bond acceptors (Lipinski definition) is 8. The number of aromatic nitrogens is 3. The molecule has 3 aromatic rings. The van der Waals surface area contributed by atoms with E-state index in [0.29, 0.717) is 43.3 Å². The summed E-state index contributed by atoms with van der Waals surface area (Å²) in [4.78, 5) is 42.3. The molecule has 10 nitrogen and oxygen atoms in total. The fourth-order valence-electron chi connectivity index (χ4n) is 7.05. The van der Waals surface area contributed by atoms with Crippen molar-refractivity contribution in [2.24, 2.45) is 17.8 Å². The molecule has 0 saturated heterocycles. The molecule has 0 aliphatic heterocycles. The minimum atomic E-state index is -0.373. The number of nitrogens with one attached hydrogen (secondary N) is 1. The number of carbonyl (C=O) groups excluding carboxylic acids is 2. The van der Waals surface area contributed by atoms with Gasteiger partial charge in [-0.05, 0) is 114 Å². The van der Waals surface area contributed by atoms with E-state index >= 15 is 0 Å². The van der Waals surface area contributed by atoms with E-state index in [1.54, 1.807) is 19.6 Å². The zero-order chi connectivity index (χ0) is 32.0. The average molecular weight is 630 g/mol. The van der Waals surface area contributed by atoms with Crippen molar-refractivity contribution in [2.45, 2.75) is 89.9 Å². The first-order chi connectivity index (χ1) is 22.4. The van der Waals surface area contributed by atoms with Gasteiger partial charge in [0.2, 0.25) is 5.91 Å². The molecular formula is C36H47N5O5. The number of aryl methyl sites for hydroxylation is 1. The predicted molar refractivity (Wildman–Crippen MR) is 175 cm³/mol. The first-order valence-corrected chi connectivity index (χ1v) is 17.1. The van der Waals surface area contributed by atoms with Crippen LogP contribution in [0.5, 0.6) is 5.75 Å². The molecule has 1 N–H and O–H groups in total. The van der Waals surface area contributed by atoms with Crippen molar-refractivity contribution >= 4 is 17.8 Å². The summed E-state index contributed by atoms with van der Waals surface area (Å²) in [7, 11) is 1.68. The molecule has 2 amide bonds. The number of carbonyl (C=O) groups is 2. The summed E-state index contributed by atoms with van der Waals surface area (Å²) in [6.07, 6.45) is 12.8. The molecule has 246 valence electrons. The molecule has 0 radical (unpaired) electrons. The molecule has 3 saturated carbocycles. The second kappa shape index (κ2) is 14.6. The van der Waals surface area contributed by atoms with Crippen LogP contribution in [0.1, 0.15) is 100 Å². The highest BCUT2D eigenvalue weighted by molar-refractivity contribution is 5.94. The van der Waals surface area contributed by atoms with Gasteiger partial charge in [0, 0.05) is 48.3 Å². The average Bonchev–Trinajstić information content (AvgIpc) is 3.82. The van der Waals surface area contributed by atoms with Gasteiger partial charge in [0.25, 0.3) is 0 Å². The Morgan fingerprint density at radius 3 is 2.39 bits per heavy atom. The van der Waals surface area contributed by atoms with E-state index in [4.69, 9.17) is 28.8 Å². The molecule has 10 heteroatoms. The van der Waals surface area contributed by atoms with E-state index in [2.05, 4.69) is 11.4 Å². The highest BCUT2D eigenvalue weighted by Gasteiger charge is 2.34. The second-order valence-corrected chi connectivity index (χ2v) is 13.3. The van der Waals surface area contributed by atoms with Gasteiger partial charge < -0.3 is 19.2 Å². The summed E-state index contributed by atoms with van der Waals surface area (Å²) < 4.78 is 16.6. The molecule has 6 rings (SSSR count). The van der Waals surface area contributed by atoms with Crippen LogP contribution in [0.15, 0.2) is 41.1 Å². The maximum atomic E-state index is 14.3. The lowest BCUT2D eigenvalue weighted by Crippen LogP contribution is -2.42. The Bertz CT molecular complexity index is 1490. The number of ether oxygens (including phenoxy) is 2. The predicted octanol–water partition coefficient (Wildman–Crippen LogP) is 7.19. The van der Waals surface area contributed by atoms with Gasteiger partial charge in [-0.2, -0.15) is 0 Å². The minimum Gasteiger partial charge on any atom is -0.495 e. The molecule has 0 aromatic carbocycles. The number of oxazole rings is 1. The highest BCUT2D eigenvalue weighted by Crippen LogP contribution is 2.41.